The second-order valence-electron chi connectivity index (χ2n) is 4.83. The molecule has 102 valence electrons. The van der Waals surface area contributed by atoms with Crippen LogP contribution in [-0.4, -0.2) is 19.6 Å². The van der Waals surface area contributed by atoms with Gasteiger partial charge in [0.05, 0.1) is 7.11 Å². The Morgan fingerprint density at radius 2 is 2.21 bits per heavy atom. The third kappa shape index (κ3) is 4.67. The molecule has 19 heavy (non-hydrogen) atoms. The minimum Gasteiger partial charge on any atom is -0.496 e. The van der Waals surface area contributed by atoms with Crippen LogP contribution in [0, 0.1) is 18.3 Å². The Morgan fingerprint density at radius 3 is 2.79 bits per heavy atom. The average Bonchev–Trinajstić information content (AvgIpc) is 2.42. The number of aryl methyl sites for hydroxylation is 1. The van der Waals surface area contributed by atoms with Gasteiger partial charge in [-0.2, -0.15) is 0 Å². The minimum absolute atomic E-state index is 0.0736. The highest BCUT2D eigenvalue weighted by molar-refractivity contribution is 5.94. The summed E-state index contributed by atoms with van der Waals surface area (Å²) in [6.07, 6.45) is 6.68. The minimum atomic E-state index is -0.0736. The smallest absolute Gasteiger partial charge is 0.251 e. The van der Waals surface area contributed by atoms with Crippen molar-refractivity contribution in [1.29, 1.82) is 0 Å². The lowest BCUT2D eigenvalue weighted by Gasteiger charge is -2.11. The predicted octanol–water partition coefficient (Wildman–Crippen LogP) is 2.65. The molecule has 0 aromatic heterocycles. The van der Waals surface area contributed by atoms with Crippen LogP contribution in [0.4, 0.5) is 0 Å². The van der Waals surface area contributed by atoms with Gasteiger partial charge < -0.3 is 10.1 Å². The zero-order chi connectivity index (χ0) is 14.3. The molecule has 0 heterocycles. The van der Waals surface area contributed by atoms with Crippen LogP contribution >= 0.6 is 0 Å². The molecule has 0 aliphatic rings. The zero-order valence-electron chi connectivity index (χ0n) is 11.8. The summed E-state index contributed by atoms with van der Waals surface area (Å²) in [7, 11) is 1.60. The van der Waals surface area contributed by atoms with E-state index in [1.807, 2.05) is 12.1 Å². The van der Waals surface area contributed by atoms with Crippen molar-refractivity contribution in [2.75, 3.05) is 13.7 Å². The fourth-order valence-electron chi connectivity index (χ4n) is 1.70. The van der Waals surface area contributed by atoms with Crippen molar-refractivity contribution >= 4 is 5.91 Å². The molecule has 0 aliphatic heterocycles. The molecule has 0 unspecified atom stereocenters. The normalized spacial score (nSPS) is 10.1. The van der Waals surface area contributed by atoms with Gasteiger partial charge in [-0.1, -0.05) is 19.9 Å². The number of nitrogens with one attached hydrogen (secondary N) is 1. The molecule has 3 nitrogen and oxygen atoms in total. The lowest BCUT2D eigenvalue weighted by Crippen LogP contribution is -2.27. The molecule has 0 radical (unpaired) electrons. The van der Waals surface area contributed by atoms with Gasteiger partial charge in [0.25, 0.3) is 5.91 Å². The molecule has 1 amide bonds. The summed E-state index contributed by atoms with van der Waals surface area (Å²) in [4.78, 5) is 11.9. The number of ether oxygens (including phenoxy) is 1. The molecule has 0 aliphatic carbocycles. The van der Waals surface area contributed by atoms with E-state index in [1.54, 1.807) is 13.2 Å². The number of rotatable bonds is 6. The molecule has 0 atom stereocenters. The van der Waals surface area contributed by atoms with Crippen molar-refractivity contribution in [3.05, 3.63) is 29.3 Å². The van der Waals surface area contributed by atoms with Crippen LogP contribution in [0.2, 0.25) is 0 Å². The number of carbonyl (C=O) groups excluding carboxylic acids is 1. The van der Waals surface area contributed by atoms with Crippen LogP contribution in [0.1, 0.15) is 36.2 Å². The summed E-state index contributed by atoms with van der Waals surface area (Å²) in [5.74, 6) is 3.68. The molecule has 1 rings (SSSR count). The molecule has 0 saturated carbocycles. The maximum absolute atomic E-state index is 11.9. The van der Waals surface area contributed by atoms with Crippen LogP contribution < -0.4 is 10.1 Å². The standard InChI is InChI=1S/C16H21NO2/c1-5-6-7-13-8-9-14(10-15(13)19-4)16(18)17-11-12(2)3/h1,8-10,12H,6-7,11H2,2-4H3,(H,17,18). The maximum Gasteiger partial charge on any atom is 0.251 e. The van der Waals surface area contributed by atoms with Crippen LogP contribution in [0.5, 0.6) is 5.75 Å². The fourth-order valence-corrected chi connectivity index (χ4v) is 1.70. The third-order valence-electron chi connectivity index (χ3n) is 2.76. The van der Waals surface area contributed by atoms with Crippen LogP contribution in [0.15, 0.2) is 18.2 Å². The summed E-state index contributed by atoms with van der Waals surface area (Å²) in [6, 6.07) is 5.48. The number of carbonyl (C=O) groups is 1. The van der Waals surface area contributed by atoms with Gasteiger partial charge in [-0.3, -0.25) is 4.79 Å². The van der Waals surface area contributed by atoms with E-state index in [0.717, 1.165) is 12.0 Å². The Morgan fingerprint density at radius 1 is 1.47 bits per heavy atom. The lowest BCUT2D eigenvalue weighted by molar-refractivity contribution is 0.0948. The van der Waals surface area contributed by atoms with E-state index in [9.17, 15) is 4.79 Å². The van der Waals surface area contributed by atoms with Crippen LogP contribution in [0.25, 0.3) is 0 Å². The maximum atomic E-state index is 11.9. The van der Waals surface area contributed by atoms with Crippen molar-refractivity contribution in [3.8, 4) is 18.1 Å². The van der Waals surface area contributed by atoms with Crippen molar-refractivity contribution in [3.63, 3.8) is 0 Å². The number of hydrogen-bond acceptors (Lipinski definition) is 2. The van der Waals surface area contributed by atoms with E-state index < -0.39 is 0 Å². The summed E-state index contributed by atoms with van der Waals surface area (Å²) in [5.41, 5.74) is 1.64. The van der Waals surface area contributed by atoms with Gasteiger partial charge in [0.2, 0.25) is 0 Å². The molecule has 1 aromatic carbocycles. The van der Waals surface area contributed by atoms with Crippen molar-refractivity contribution in [2.24, 2.45) is 5.92 Å². The van der Waals surface area contributed by atoms with E-state index in [0.29, 0.717) is 30.2 Å². The Balaban J connectivity index is 2.81. The number of terminal acetylenes is 1. The molecule has 0 saturated heterocycles. The second kappa shape index (κ2) is 7.48. The highest BCUT2D eigenvalue weighted by atomic mass is 16.5. The van der Waals surface area contributed by atoms with E-state index in [2.05, 4.69) is 25.1 Å². The molecular formula is C16H21NO2. The Labute approximate surface area is 115 Å². The summed E-state index contributed by atoms with van der Waals surface area (Å²) in [6.45, 7) is 4.79. The number of benzene rings is 1. The van der Waals surface area contributed by atoms with Crippen LogP contribution in [-0.2, 0) is 6.42 Å². The molecule has 0 bridgehead atoms. The summed E-state index contributed by atoms with van der Waals surface area (Å²) >= 11 is 0. The Kier molecular flexibility index (Phi) is 5.95. The van der Waals surface area contributed by atoms with Gasteiger partial charge in [-0.15, -0.1) is 12.3 Å². The first-order valence-corrected chi connectivity index (χ1v) is 6.47. The largest absolute Gasteiger partial charge is 0.496 e. The topological polar surface area (TPSA) is 38.3 Å². The number of hydrogen-bond donors (Lipinski definition) is 1. The van der Waals surface area contributed by atoms with Gasteiger partial charge in [-0.25, -0.2) is 0 Å². The number of methoxy groups -OCH3 is 1. The summed E-state index contributed by atoms with van der Waals surface area (Å²) < 4.78 is 5.31. The molecular weight excluding hydrogens is 238 g/mol. The fraction of sp³-hybridized carbons (Fsp3) is 0.438. The molecule has 3 heteroatoms. The van der Waals surface area contributed by atoms with Gasteiger partial charge in [0.1, 0.15) is 5.75 Å². The lowest BCUT2D eigenvalue weighted by atomic mass is 10.1. The van der Waals surface area contributed by atoms with Gasteiger partial charge in [0.15, 0.2) is 0 Å². The quantitative estimate of drug-likeness (QED) is 0.798. The average molecular weight is 259 g/mol. The highest BCUT2D eigenvalue weighted by Gasteiger charge is 2.10. The van der Waals surface area contributed by atoms with E-state index in [4.69, 9.17) is 11.2 Å². The van der Waals surface area contributed by atoms with Crippen molar-refractivity contribution < 1.29 is 9.53 Å². The monoisotopic (exact) mass is 259 g/mol. The first-order chi connectivity index (χ1) is 9.08. The van der Waals surface area contributed by atoms with E-state index in [1.165, 1.54) is 0 Å². The molecule has 0 spiro atoms. The Bertz CT molecular complexity index is 472. The van der Waals surface area contributed by atoms with Crippen molar-refractivity contribution in [2.45, 2.75) is 26.7 Å². The molecule has 1 aromatic rings. The van der Waals surface area contributed by atoms with Crippen LogP contribution in [0.3, 0.4) is 0 Å². The highest BCUT2D eigenvalue weighted by Crippen LogP contribution is 2.21. The second-order valence-corrected chi connectivity index (χ2v) is 4.83. The third-order valence-corrected chi connectivity index (χ3v) is 2.76. The zero-order valence-corrected chi connectivity index (χ0v) is 11.8. The van der Waals surface area contributed by atoms with Gasteiger partial charge in [0, 0.05) is 18.5 Å². The first-order valence-electron chi connectivity index (χ1n) is 6.47. The SMILES string of the molecule is C#CCCc1ccc(C(=O)NCC(C)C)cc1OC. The van der Waals surface area contributed by atoms with E-state index in [-0.39, 0.29) is 5.91 Å². The van der Waals surface area contributed by atoms with Crippen molar-refractivity contribution in [1.82, 2.24) is 5.32 Å². The first kappa shape index (κ1) is 15.1. The summed E-state index contributed by atoms with van der Waals surface area (Å²) in [5, 5.41) is 2.89. The molecule has 1 N–H and O–H groups in total. The Hall–Kier alpha value is -1.95. The van der Waals surface area contributed by atoms with E-state index >= 15 is 0 Å². The van der Waals surface area contributed by atoms with Gasteiger partial charge in [-0.05, 0) is 30.0 Å². The number of amides is 1. The predicted molar refractivity (Wildman–Crippen MR) is 77.3 cm³/mol. The molecule has 0 fully saturated rings. The van der Waals surface area contributed by atoms with Gasteiger partial charge >= 0.3 is 0 Å².